The van der Waals surface area contributed by atoms with Crippen molar-refractivity contribution in [1.29, 1.82) is 0 Å². The minimum absolute atomic E-state index is 0.0180. The molecular formula is C12H18N2O. The largest absolute Gasteiger partial charge is 0.325 e. The maximum absolute atomic E-state index is 11.9. The van der Waals surface area contributed by atoms with Gasteiger partial charge in [0.1, 0.15) is 0 Å². The second kappa shape index (κ2) is 4.94. The lowest BCUT2D eigenvalue weighted by Crippen LogP contribution is -2.49. The topological polar surface area (TPSA) is 41.1 Å². The average Bonchev–Trinajstić information content (AvgIpc) is 2.19. The van der Waals surface area contributed by atoms with Crippen molar-refractivity contribution in [3.05, 3.63) is 30.3 Å². The number of hydrogen-bond donors (Lipinski definition) is 2. The number of nitrogens with one attached hydrogen (secondary N) is 2. The van der Waals surface area contributed by atoms with Crippen LogP contribution in [0.25, 0.3) is 0 Å². The molecule has 3 heteroatoms. The van der Waals surface area contributed by atoms with Crippen LogP contribution in [0, 0.1) is 0 Å². The van der Waals surface area contributed by atoms with Crippen LogP contribution in [0.1, 0.15) is 20.8 Å². The van der Waals surface area contributed by atoms with E-state index in [-0.39, 0.29) is 5.91 Å². The third kappa shape index (κ3) is 3.36. The Balaban J connectivity index is 2.63. The van der Waals surface area contributed by atoms with E-state index < -0.39 is 5.54 Å². The van der Waals surface area contributed by atoms with Crippen LogP contribution in [-0.4, -0.2) is 18.0 Å². The zero-order valence-electron chi connectivity index (χ0n) is 9.50. The molecular weight excluding hydrogens is 188 g/mol. The molecule has 15 heavy (non-hydrogen) atoms. The van der Waals surface area contributed by atoms with Crippen molar-refractivity contribution in [2.75, 3.05) is 11.9 Å². The summed E-state index contributed by atoms with van der Waals surface area (Å²) in [7, 11) is 0. The Morgan fingerprint density at radius 3 is 2.40 bits per heavy atom. The molecule has 2 N–H and O–H groups in total. The smallest absolute Gasteiger partial charge is 0.244 e. The Morgan fingerprint density at radius 2 is 1.87 bits per heavy atom. The molecule has 82 valence electrons. The van der Waals surface area contributed by atoms with Crippen LogP contribution in [0.2, 0.25) is 0 Å². The molecule has 0 heterocycles. The van der Waals surface area contributed by atoms with Crippen molar-refractivity contribution in [3.8, 4) is 0 Å². The van der Waals surface area contributed by atoms with Crippen molar-refractivity contribution in [2.45, 2.75) is 26.3 Å². The van der Waals surface area contributed by atoms with Gasteiger partial charge in [-0.2, -0.15) is 0 Å². The number of anilines is 1. The van der Waals surface area contributed by atoms with Crippen molar-refractivity contribution in [2.24, 2.45) is 0 Å². The molecule has 3 nitrogen and oxygen atoms in total. The van der Waals surface area contributed by atoms with Crippen molar-refractivity contribution in [1.82, 2.24) is 5.32 Å². The first-order valence-corrected chi connectivity index (χ1v) is 5.18. The van der Waals surface area contributed by atoms with Gasteiger partial charge in [0.05, 0.1) is 5.54 Å². The molecule has 0 unspecified atom stereocenters. The first kappa shape index (κ1) is 11.7. The summed E-state index contributed by atoms with van der Waals surface area (Å²) in [4.78, 5) is 11.9. The van der Waals surface area contributed by atoms with Crippen LogP contribution >= 0.6 is 0 Å². The van der Waals surface area contributed by atoms with Crippen LogP contribution < -0.4 is 10.6 Å². The Morgan fingerprint density at radius 1 is 1.27 bits per heavy atom. The van der Waals surface area contributed by atoms with Gasteiger partial charge in [0.25, 0.3) is 0 Å². The summed E-state index contributed by atoms with van der Waals surface area (Å²) < 4.78 is 0. The fourth-order valence-corrected chi connectivity index (χ4v) is 1.33. The summed E-state index contributed by atoms with van der Waals surface area (Å²) in [5.41, 5.74) is 0.290. The SMILES string of the molecule is CCNC(C)(C)C(=O)Nc1ccccc1. The molecule has 0 bridgehead atoms. The fourth-order valence-electron chi connectivity index (χ4n) is 1.33. The molecule has 0 spiro atoms. The van der Waals surface area contributed by atoms with Gasteiger partial charge in [0.15, 0.2) is 0 Å². The lowest BCUT2D eigenvalue weighted by molar-refractivity contribution is -0.121. The minimum Gasteiger partial charge on any atom is -0.325 e. The van der Waals surface area contributed by atoms with Gasteiger partial charge in [0, 0.05) is 5.69 Å². The number of para-hydroxylation sites is 1. The van der Waals surface area contributed by atoms with Crippen molar-refractivity contribution < 1.29 is 4.79 Å². The van der Waals surface area contributed by atoms with E-state index in [2.05, 4.69) is 10.6 Å². The maximum Gasteiger partial charge on any atom is 0.244 e. The lowest BCUT2D eigenvalue weighted by atomic mass is 10.0. The molecule has 1 amide bonds. The van der Waals surface area contributed by atoms with E-state index in [4.69, 9.17) is 0 Å². The molecule has 1 rings (SSSR count). The molecule has 0 saturated carbocycles. The first-order chi connectivity index (χ1) is 7.06. The minimum atomic E-state index is -0.537. The van der Waals surface area contributed by atoms with Crippen LogP contribution in [0.5, 0.6) is 0 Å². The van der Waals surface area contributed by atoms with E-state index in [1.54, 1.807) is 0 Å². The van der Waals surface area contributed by atoms with E-state index in [1.807, 2.05) is 51.1 Å². The summed E-state index contributed by atoms with van der Waals surface area (Å²) >= 11 is 0. The van der Waals surface area contributed by atoms with Gasteiger partial charge < -0.3 is 10.6 Å². The van der Waals surface area contributed by atoms with Crippen LogP contribution in [0.4, 0.5) is 5.69 Å². The quantitative estimate of drug-likeness (QED) is 0.791. The lowest BCUT2D eigenvalue weighted by Gasteiger charge is -2.24. The number of carbonyl (C=O) groups is 1. The fraction of sp³-hybridized carbons (Fsp3) is 0.417. The third-order valence-corrected chi connectivity index (χ3v) is 2.22. The standard InChI is InChI=1S/C12H18N2O/c1-4-13-12(2,3)11(15)14-10-8-6-5-7-9-10/h5-9,13H,4H2,1-3H3,(H,14,15). The Kier molecular flexibility index (Phi) is 3.86. The van der Waals surface area contributed by atoms with Gasteiger partial charge >= 0.3 is 0 Å². The highest BCUT2D eigenvalue weighted by Gasteiger charge is 2.25. The van der Waals surface area contributed by atoms with Gasteiger partial charge in [-0.05, 0) is 32.5 Å². The summed E-state index contributed by atoms with van der Waals surface area (Å²) in [5, 5.41) is 6.00. The molecule has 1 aromatic carbocycles. The van der Waals surface area contributed by atoms with E-state index >= 15 is 0 Å². The zero-order chi connectivity index (χ0) is 11.3. The summed E-state index contributed by atoms with van der Waals surface area (Å²) in [5.74, 6) is -0.0180. The summed E-state index contributed by atoms with van der Waals surface area (Å²) in [6.45, 7) is 6.50. The third-order valence-electron chi connectivity index (χ3n) is 2.22. The molecule has 1 aromatic rings. The molecule has 0 aliphatic heterocycles. The predicted molar refractivity (Wildman–Crippen MR) is 62.8 cm³/mol. The average molecular weight is 206 g/mol. The first-order valence-electron chi connectivity index (χ1n) is 5.18. The predicted octanol–water partition coefficient (Wildman–Crippen LogP) is 2.01. The second-order valence-corrected chi connectivity index (χ2v) is 3.98. The second-order valence-electron chi connectivity index (χ2n) is 3.98. The zero-order valence-corrected chi connectivity index (χ0v) is 9.50. The van der Waals surface area contributed by atoms with Gasteiger partial charge in [-0.3, -0.25) is 4.79 Å². The summed E-state index contributed by atoms with van der Waals surface area (Å²) in [6.07, 6.45) is 0. The van der Waals surface area contributed by atoms with Crippen molar-refractivity contribution >= 4 is 11.6 Å². The highest BCUT2D eigenvalue weighted by molar-refractivity contribution is 5.97. The number of carbonyl (C=O) groups excluding carboxylic acids is 1. The van der Waals surface area contributed by atoms with Crippen LogP contribution in [0.15, 0.2) is 30.3 Å². The van der Waals surface area contributed by atoms with Gasteiger partial charge in [0.2, 0.25) is 5.91 Å². The monoisotopic (exact) mass is 206 g/mol. The molecule has 0 aliphatic rings. The van der Waals surface area contributed by atoms with E-state index in [9.17, 15) is 4.79 Å². The van der Waals surface area contributed by atoms with Crippen LogP contribution in [0.3, 0.4) is 0 Å². The highest BCUT2D eigenvalue weighted by Crippen LogP contribution is 2.09. The van der Waals surface area contributed by atoms with E-state index in [0.717, 1.165) is 12.2 Å². The van der Waals surface area contributed by atoms with Crippen LogP contribution in [-0.2, 0) is 4.79 Å². The highest BCUT2D eigenvalue weighted by atomic mass is 16.2. The Bertz CT molecular complexity index is 320. The maximum atomic E-state index is 11.9. The number of amides is 1. The van der Waals surface area contributed by atoms with E-state index in [1.165, 1.54) is 0 Å². The number of benzene rings is 1. The van der Waals surface area contributed by atoms with Gasteiger partial charge in [-0.1, -0.05) is 25.1 Å². The Hall–Kier alpha value is -1.35. The molecule has 0 radical (unpaired) electrons. The van der Waals surface area contributed by atoms with Crippen molar-refractivity contribution in [3.63, 3.8) is 0 Å². The molecule has 0 aromatic heterocycles. The summed E-state index contributed by atoms with van der Waals surface area (Å²) in [6, 6.07) is 9.47. The number of rotatable bonds is 4. The molecule has 0 atom stereocenters. The Labute approximate surface area is 90.9 Å². The van der Waals surface area contributed by atoms with E-state index in [0.29, 0.717) is 0 Å². The number of hydrogen-bond acceptors (Lipinski definition) is 2. The molecule has 0 aliphatic carbocycles. The molecule has 0 saturated heterocycles. The molecule has 0 fully saturated rings. The van der Waals surface area contributed by atoms with Gasteiger partial charge in [-0.25, -0.2) is 0 Å². The van der Waals surface area contributed by atoms with Gasteiger partial charge in [-0.15, -0.1) is 0 Å². The number of likely N-dealkylation sites (N-methyl/N-ethyl adjacent to an activating group) is 1. The normalized spacial score (nSPS) is 11.1.